The molecule has 2 atom stereocenters. The van der Waals surface area contributed by atoms with Crippen LogP contribution in [0.15, 0.2) is 0 Å². The van der Waals surface area contributed by atoms with Gasteiger partial charge in [0.2, 0.25) is 0 Å². The molecule has 0 aliphatic rings. The van der Waals surface area contributed by atoms with Crippen molar-refractivity contribution in [2.45, 2.75) is 51.3 Å². The Balaban J connectivity index is 3.39. The summed E-state index contributed by atoms with van der Waals surface area (Å²) >= 11 is 6.05. The van der Waals surface area contributed by atoms with E-state index in [1.807, 2.05) is 0 Å². The van der Waals surface area contributed by atoms with E-state index in [9.17, 15) is 0 Å². The fraction of sp³-hybridized carbons (Fsp3) is 1.00. The van der Waals surface area contributed by atoms with Crippen LogP contribution in [0.25, 0.3) is 0 Å². The summed E-state index contributed by atoms with van der Waals surface area (Å²) in [6.45, 7) is 7.31. The topological polar surface area (TPSA) is 21.3 Å². The molecule has 0 aliphatic carbocycles. The molecule has 0 radical (unpaired) electrons. The lowest BCUT2D eigenvalue weighted by molar-refractivity contribution is 0.195. The molecule has 0 spiro atoms. The summed E-state index contributed by atoms with van der Waals surface area (Å²) in [5.41, 5.74) is 0. The molecular weight excluding hydrogens is 222 g/mol. The van der Waals surface area contributed by atoms with Gasteiger partial charge >= 0.3 is 0 Å². The molecular formula is C13H28ClNO. The van der Waals surface area contributed by atoms with E-state index in [0.29, 0.717) is 6.61 Å². The summed E-state index contributed by atoms with van der Waals surface area (Å²) in [5, 5.41) is 3.64. The number of unbranched alkanes of at least 4 members (excludes halogenated alkanes) is 1. The summed E-state index contributed by atoms with van der Waals surface area (Å²) in [5.74, 6) is 0.830. The molecule has 0 heterocycles. The normalized spacial score (nSPS) is 15.0. The SMILES string of the molecule is CCCCC(CC)CNCCC(Cl)COC. The minimum atomic E-state index is 0.146. The number of nitrogens with one attached hydrogen (secondary N) is 1. The highest BCUT2D eigenvalue weighted by Gasteiger charge is 2.06. The largest absolute Gasteiger partial charge is 0.383 e. The summed E-state index contributed by atoms with van der Waals surface area (Å²) in [4.78, 5) is 0. The molecule has 0 aliphatic heterocycles. The summed E-state index contributed by atoms with van der Waals surface area (Å²) in [7, 11) is 1.70. The molecule has 0 aromatic carbocycles. The highest BCUT2D eigenvalue weighted by atomic mass is 35.5. The minimum absolute atomic E-state index is 0.146. The van der Waals surface area contributed by atoms with Crippen molar-refractivity contribution in [3.05, 3.63) is 0 Å². The lowest BCUT2D eigenvalue weighted by Gasteiger charge is -2.16. The van der Waals surface area contributed by atoms with Gasteiger partial charge in [-0.15, -0.1) is 11.6 Å². The van der Waals surface area contributed by atoms with Gasteiger partial charge in [-0.2, -0.15) is 0 Å². The van der Waals surface area contributed by atoms with E-state index in [0.717, 1.165) is 25.4 Å². The molecule has 0 fully saturated rings. The van der Waals surface area contributed by atoms with Crippen molar-refractivity contribution in [1.29, 1.82) is 0 Å². The van der Waals surface area contributed by atoms with E-state index in [1.165, 1.54) is 25.7 Å². The Kier molecular flexibility index (Phi) is 11.8. The van der Waals surface area contributed by atoms with Crippen molar-refractivity contribution < 1.29 is 4.74 Å². The van der Waals surface area contributed by atoms with Gasteiger partial charge in [0.15, 0.2) is 0 Å². The molecule has 0 amide bonds. The standard InChI is InChI=1S/C13H28ClNO/c1-4-6-7-12(5-2)10-15-9-8-13(14)11-16-3/h12-13,15H,4-11H2,1-3H3. The van der Waals surface area contributed by atoms with Crippen LogP contribution in [0.3, 0.4) is 0 Å². The van der Waals surface area contributed by atoms with Crippen LogP contribution in [0.1, 0.15) is 46.0 Å². The molecule has 2 unspecified atom stereocenters. The first-order chi connectivity index (χ1) is 7.74. The Morgan fingerprint density at radius 1 is 1.25 bits per heavy atom. The number of halogens is 1. The number of hydrogen-bond donors (Lipinski definition) is 1. The number of ether oxygens (including phenoxy) is 1. The van der Waals surface area contributed by atoms with Gasteiger partial charge in [0.1, 0.15) is 0 Å². The molecule has 0 aromatic heterocycles. The summed E-state index contributed by atoms with van der Waals surface area (Å²) in [6, 6.07) is 0. The number of alkyl halides is 1. The second-order valence-electron chi connectivity index (χ2n) is 4.46. The highest BCUT2D eigenvalue weighted by Crippen LogP contribution is 2.11. The molecule has 0 bridgehead atoms. The second kappa shape index (κ2) is 11.7. The highest BCUT2D eigenvalue weighted by molar-refractivity contribution is 6.20. The number of hydrogen-bond acceptors (Lipinski definition) is 2. The molecule has 0 saturated carbocycles. The first-order valence-electron chi connectivity index (χ1n) is 6.58. The van der Waals surface area contributed by atoms with Gasteiger partial charge in [-0.3, -0.25) is 0 Å². The molecule has 0 rings (SSSR count). The predicted molar refractivity (Wildman–Crippen MR) is 72.3 cm³/mol. The molecule has 1 N–H and O–H groups in total. The minimum Gasteiger partial charge on any atom is -0.383 e. The van der Waals surface area contributed by atoms with Crippen LogP contribution < -0.4 is 5.32 Å². The van der Waals surface area contributed by atoms with Crippen LogP contribution >= 0.6 is 11.6 Å². The third-order valence-electron chi connectivity index (χ3n) is 2.96. The van der Waals surface area contributed by atoms with Crippen molar-refractivity contribution in [3.8, 4) is 0 Å². The zero-order valence-corrected chi connectivity index (χ0v) is 11.9. The van der Waals surface area contributed by atoms with Crippen molar-refractivity contribution in [3.63, 3.8) is 0 Å². The Morgan fingerprint density at radius 3 is 2.56 bits per heavy atom. The van der Waals surface area contributed by atoms with E-state index in [1.54, 1.807) is 7.11 Å². The molecule has 16 heavy (non-hydrogen) atoms. The maximum atomic E-state index is 6.05. The van der Waals surface area contributed by atoms with Gasteiger partial charge in [0.05, 0.1) is 12.0 Å². The first-order valence-corrected chi connectivity index (χ1v) is 7.01. The molecule has 2 nitrogen and oxygen atoms in total. The molecule has 0 aromatic rings. The monoisotopic (exact) mass is 249 g/mol. The molecule has 0 saturated heterocycles. The Labute approximate surface area is 106 Å². The average molecular weight is 250 g/mol. The molecule has 98 valence electrons. The van der Waals surface area contributed by atoms with Crippen molar-refractivity contribution in [2.75, 3.05) is 26.8 Å². The van der Waals surface area contributed by atoms with Gasteiger partial charge in [-0.25, -0.2) is 0 Å². The van der Waals surface area contributed by atoms with Gasteiger partial charge in [-0.05, 0) is 31.8 Å². The zero-order chi connectivity index (χ0) is 12.2. The van der Waals surface area contributed by atoms with Crippen LogP contribution in [-0.4, -0.2) is 32.2 Å². The number of methoxy groups -OCH3 is 1. The maximum absolute atomic E-state index is 6.05. The van der Waals surface area contributed by atoms with Crippen molar-refractivity contribution in [1.82, 2.24) is 5.32 Å². The van der Waals surface area contributed by atoms with Gasteiger partial charge in [0.25, 0.3) is 0 Å². The fourth-order valence-electron chi connectivity index (χ4n) is 1.77. The molecule has 3 heteroatoms. The smallest absolute Gasteiger partial charge is 0.0626 e. The predicted octanol–water partition coefficient (Wildman–Crippen LogP) is 3.44. The summed E-state index contributed by atoms with van der Waals surface area (Å²) in [6.07, 6.45) is 6.26. The van der Waals surface area contributed by atoms with Gasteiger partial charge < -0.3 is 10.1 Å². The first kappa shape index (κ1) is 16.2. The van der Waals surface area contributed by atoms with Crippen LogP contribution in [0.2, 0.25) is 0 Å². The van der Waals surface area contributed by atoms with Gasteiger partial charge in [-0.1, -0.05) is 33.1 Å². The summed E-state index contributed by atoms with van der Waals surface area (Å²) < 4.78 is 5.00. The van der Waals surface area contributed by atoms with E-state index < -0.39 is 0 Å². The maximum Gasteiger partial charge on any atom is 0.0626 e. The van der Waals surface area contributed by atoms with Crippen molar-refractivity contribution in [2.24, 2.45) is 5.92 Å². The number of rotatable bonds is 11. The van der Waals surface area contributed by atoms with Crippen LogP contribution in [-0.2, 0) is 4.74 Å². The van der Waals surface area contributed by atoms with Gasteiger partial charge in [0, 0.05) is 7.11 Å². The van der Waals surface area contributed by atoms with E-state index >= 15 is 0 Å². The van der Waals surface area contributed by atoms with E-state index in [4.69, 9.17) is 16.3 Å². The van der Waals surface area contributed by atoms with Crippen LogP contribution in [0.4, 0.5) is 0 Å². The third kappa shape index (κ3) is 9.44. The fourth-order valence-corrected chi connectivity index (χ4v) is 2.01. The Hall–Kier alpha value is 0.210. The van der Waals surface area contributed by atoms with Crippen LogP contribution in [0.5, 0.6) is 0 Å². The van der Waals surface area contributed by atoms with E-state index in [2.05, 4.69) is 19.2 Å². The van der Waals surface area contributed by atoms with Crippen molar-refractivity contribution >= 4 is 11.6 Å². The zero-order valence-electron chi connectivity index (χ0n) is 11.1. The second-order valence-corrected chi connectivity index (χ2v) is 5.08. The quantitative estimate of drug-likeness (QED) is 0.448. The van der Waals surface area contributed by atoms with Crippen LogP contribution in [0, 0.1) is 5.92 Å². The Morgan fingerprint density at radius 2 is 2.00 bits per heavy atom. The average Bonchev–Trinajstić information content (AvgIpc) is 2.28. The third-order valence-corrected chi connectivity index (χ3v) is 3.30. The lowest BCUT2D eigenvalue weighted by Crippen LogP contribution is -2.26. The lowest BCUT2D eigenvalue weighted by atomic mass is 9.99. The Bertz CT molecular complexity index is 144. The van der Waals surface area contributed by atoms with E-state index in [-0.39, 0.29) is 5.38 Å².